The Bertz CT molecular complexity index is 453. The molecule has 15 heavy (non-hydrogen) atoms. The van der Waals surface area contributed by atoms with Gasteiger partial charge in [-0.05, 0) is 6.08 Å². The second-order valence-corrected chi connectivity index (χ2v) is 3.39. The molecule has 0 N–H and O–H groups in total. The van der Waals surface area contributed by atoms with Crippen molar-refractivity contribution in [1.29, 1.82) is 0 Å². The van der Waals surface area contributed by atoms with Crippen LogP contribution in [0.3, 0.4) is 0 Å². The fraction of sp³-hybridized carbons (Fsp3) is 0.0769. The van der Waals surface area contributed by atoms with E-state index in [0.717, 1.165) is 0 Å². The van der Waals surface area contributed by atoms with E-state index in [1.54, 1.807) is 24.3 Å². The fourth-order valence-electron chi connectivity index (χ4n) is 1.51. The molecule has 1 aromatic carbocycles. The summed E-state index contributed by atoms with van der Waals surface area (Å²) in [4.78, 5) is 23.0. The van der Waals surface area contributed by atoms with Crippen molar-refractivity contribution in [1.82, 2.24) is 0 Å². The van der Waals surface area contributed by atoms with E-state index in [9.17, 15) is 9.59 Å². The lowest BCUT2D eigenvalue weighted by atomic mass is 9.96. The van der Waals surface area contributed by atoms with E-state index in [2.05, 4.69) is 0 Å². The molecule has 0 saturated heterocycles. The molecule has 0 fully saturated rings. The number of hydrogen-bond acceptors (Lipinski definition) is 2. The number of rotatable bonds is 2. The first-order valence-corrected chi connectivity index (χ1v) is 4.77. The molecule has 74 valence electrons. The van der Waals surface area contributed by atoms with Crippen LogP contribution in [0.2, 0.25) is 0 Å². The maximum Gasteiger partial charge on any atom is 0.189 e. The molecule has 1 aromatic rings. The van der Waals surface area contributed by atoms with Gasteiger partial charge in [0.15, 0.2) is 11.6 Å². The lowest BCUT2D eigenvalue weighted by Crippen LogP contribution is -2.09. The van der Waals surface area contributed by atoms with E-state index in [1.165, 1.54) is 6.08 Å². The van der Waals surface area contributed by atoms with Crippen molar-refractivity contribution >= 4 is 11.6 Å². The topological polar surface area (TPSA) is 34.1 Å². The van der Waals surface area contributed by atoms with Crippen molar-refractivity contribution in [3.05, 3.63) is 59.7 Å². The number of carbonyl (C=O) groups is 2. The largest absolute Gasteiger partial charge is 0.294 e. The van der Waals surface area contributed by atoms with Gasteiger partial charge in [-0.25, -0.2) is 0 Å². The summed E-state index contributed by atoms with van der Waals surface area (Å²) in [5.41, 5.74) is 1.19. The molecule has 0 atom stereocenters. The Kier molecular flexibility index (Phi) is 2.59. The minimum atomic E-state index is -0.0618. The van der Waals surface area contributed by atoms with E-state index in [-0.39, 0.29) is 18.0 Å². The normalized spacial score (nSPS) is 14.9. The molecule has 0 saturated carbocycles. The number of Topliss-reactive ketones (excluding diaryl/α,β-unsaturated/α-hetero) is 1. The number of allylic oxidation sites excluding steroid dienone is 4. The average Bonchev–Trinajstić information content (AvgIpc) is 2.29. The number of carbonyl (C=O) groups excluding carboxylic acids is 2. The summed E-state index contributed by atoms with van der Waals surface area (Å²) in [6.07, 6.45) is 5.03. The Labute approximate surface area is 87.9 Å². The third-order valence-corrected chi connectivity index (χ3v) is 2.27. The van der Waals surface area contributed by atoms with Crippen molar-refractivity contribution < 1.29 is 9.59 Å². The smallest absolute Gasteiger partial charge is 0.189 e. The van der Waals surface area contributed by atoms with Gasteiger partial charge in [0.05, 0.1) is 0 Å². The van der Waals surface area contributed by atoms with E-state index in [4.69, 9.17) is 0 Å². The predicted octanol–water partition coefficient (Wildman–Crippen LogP) is 2.32. The molecule has 0 bridgehead atoms. The van der Waals surface area contributed by atoms with Crippen molar-refractivity contribution in [2.24, 2.45) is 0 Å². The highest BCUT2D eigenvalue weighted by molar-refractivity contribution is 6.13. The van der Waals surface area contributed by atoms with Gasteiger partial charge in [-0.1, -0.05) is 42.5 Å². The highest BCUT2D eigenvalue weighted by atomic mass is 16.1. The summed E-state index contributed by atoms with van der Waals surface area (Å²) in [7, 11) is 0. The second kappa shape index (κ2) is 4.05. The second-order valence-electron chi connectivity index (χ2n) is 3.39. The molecule has 1 aliphatic carbocycles. The highest BCUT2D eigenvalue weighted by Crippen LogP contribution is 2.15. The van der Waals surface area contributed by atoms with Crippen LogP contribution in [-0.4, -0.2) is 11.6 Å². The highest BCUT2D eigenvalue weighted by Gasteiger charge is 2.15. The summed E-state index contributed by atoms with van der Waals surface area (Å²) in [5.74, 6) is -0.0786. The lowest BCUT2D eigenvalue weighted by Gasteiger charge is -2.06. The zero-order valence-corrected chi connectivity index (χ0v) is 8.14. The zero-order valence-electron chi connectivity index (χ0n) is 8.14. The Balaban J connectivity index is 2.26. The minimum Gasteiger partial charge on any atom is -0.294 e. The van der Waals surface area contributed by atoms with Crippen LogP contribution < -0.4 is 0 Å². The van der Waals surface area contributed by atoms with Crippen LogP contribution in [-0.2, 0) is 4.79 Å². The number of ketones is 2. The zero-order chi connectivity index (χ0) is 10.7. The van der Waals surface area contributed by atoms with Gasteiger partial charge in [0.25, 0.3) is 0 Å². The molecule has 0 heterocycles. The van der Waals surface area contributed by atoms with Gasteiger partial charge in [-0.2, -0.15) is 0 Å². The molecule has 0 unspecified atom stereocenters. The van der Waals surface area contributed by atoms with Gasteiger partial charge < -0.3 is 0 Å². The van der Waals surface area contributed by atoms with E-state index < -0.39 is 0 Å². The van der Waals surface area contributed by atoms with Crippen LogP contribution in [0.1, 0.15) is 16.8 Å². The first-order chi connectivity index (χ1) is 7.27. The molecular formula is C13H10O2. The third-order valence-electron chi connectivity index (χ3n) is 2.27. The minimum absolute atomic E-state index is 0.0169. The van der Waals surface area contributed by atoms with Crippen molar-refractivity contribution in [3.63, 3.8) is 0 Å². The van der Waals surface area contributed by atoms with Gasteiger partial charge in [-0.3, -0.25) is 9.59 Å². The summed E-state index contributed by atoms with van der Waals surface area (Å²) < 4.78 is 0. The molecule has 1 aliphatic rings. The number of benzene rings is 1. The van der Waals surface area contributed by atoms with Gasteiger partial charge in [0, 0.05) is 17.6 Å². The van der Waals surface area contributed by atoms with Crippen molar-refractivity contribution in [3.8, 4) is 0 Å². The number of hydrogen-bond donors (Lipinski definition) is 0. The van der Waals surface area contributed by atoms with Crippen LogP contribution in [0.4, 0.5) is 0 Å². The predicted molar refractivity (Wildman–Crippen MR) is 57.6 cm³/mol. The quantitative estimate of drug-likeness (QED) is 0.683. The van der Waals surface area contributed by atoms with Gasteiger partial charge in [0.1, 0.15) is 0 Å². The van der Waals surface area contributed by atoms with Crippen LogP contribution in [0.15, 0.2) is 54.1 Å². The molecule has 0 spiro atoms. The van der Waals surface area contributed by atoms with Crippen molar-refractivity contribution in [2.75, 3.05) is 0 Å². The van der Waals surface area contributed by atoms with Crippen LogP contribution in [0.5, 0.6) is 0 Å². The van der Waals surface area contributed by atoms with Gasteiger partial charge in [0.2, 0.25) is 0 Å². The monoisotopic (exact) mass is 198 g/mol. The molecule has 0 aromatic heterocycles. The van der Waals surface area contributed by atoms with Gasteiger partial charge in [-0.15, -0.1) is 0 Å². The Morgan fingerprint density at radius 1 is 1.13 bits per heavy atom. The summed E-state index contributed by atoms with van der Waals surface area (Å²) in [6.45, 7) is 0. The standard InChI is InChI=1S/C13H10O2/c14-12-8-4-7-11(9-12)13(15)10-5-2-1-3-6-10/h1-8H,9H2. The Morgan fingerprint density at radius 2 is 1.87 bits per heavy atom. The summed E-state index contributed by atoms with van der Waals surface area (Å²) >= 11 is 0. The van der Waals surface area contributed by atoms with Crippen LogP contribution >= 0.6 is 0 Å². The molecule has 2 nitrogen and oxygen atoms in total. The summed E-state index contributed by atoms with van der Waals surface area (Å²) in [6, 6.07) is 9.00. The molecular weight excluding hydrogens is 188 g/mol. The third kappa shape index (κ3) is 2.10. The van der Waals surface area contributed by atoms with Gasteiger partial charge >= 0.3 is 0 Å². The Hall–Kier alpha value is -1.96. The average molecular weight is 198 g/mol. The maximum absolute atomic E-state index is 11.9. The molecule has 0 aliphatic heterocycles. The molecule has 2 rings (SSSR count). The Morgan fingerprint density at radius 3 is 2.53 bits per heavy atom. The lowest BCUT2D eigenvalue weighted by molar-refractivity contribution is -0.114. The fourth-order valence-corrected chi connectivity index (χ4v) is 1.51. The first kappa shape index (κ1) is 9.59. The van der Waals surface area contributed by atoms with E-state index in [1.807, 2.05) is 18.2 Å². The molecule has 2 heteroatoms. The maximum atomic E-state index is 11.9. The van der Waals surface area contributed by atoms with E-state index in [0.29, 0.717) is 11.1 Å². The first-order valence-electron chi connectivity index (χ1n) is 4.77. The van der Waals surface area contributed by atoms with Crippen LogP contribution in [0, 0.1) is 0 Å². The van der Waals surface area contributed by atoms with Crippen LogP contribution in [0.25, 0.3) is 0 Å². The molecule has 0 amide bonds. The van der Waals surface area contributed by atoms with E-state index >= 15 is 0 Å². The molecule has 0 radical (unpaired) electrons. The SMILES string of the molecule is O=C1C=CC=C(C(=O)c2ccccc2)C1. The summed E-state index contributed by atoms with van der Waals surface area (Å²) in [5, 5.41) is 0. The van der Waals surface area contributed by atoms with Crippen molar-refractivity contribution in [2.45, 2.75) is 6.42 Å².